The van der Waals surface area contributed by atoms with E-state index in [9.17, 15) is 13.2 Å². The minimum atomic E-state index is -4.02. The van der Waals surface area contributed by atoms with Gasteiger partial charge in [0.1, 0.15) is 0 Å². The maximum atomic E-state index is 12.7. The largest absolute Gasteiger partial charge is 0.393 e. The van der Waals surface area contributed by atoms with Crippen LogP contribution in [0.2, 0.25) is 0 Å². The van der Waals surface area contributed by atoms with Crippen molar-refractivity contribution in [2.24, 2.45) is 11.8 Å². The van der Waals surface area contributed by atoms with E-state index in [1.807, 2.05) is 4.90 Å². The van der Waals surface area contributed by atoms with E-state index in [2.05, 4.69) is 12.2 Å². The van der Waals surface area contributed by atoms with Crippen LogP contribution in [0.4, 0.5) is 13.2 Å². The Morgan fingerprint density at radius 2 is 1.80 bits per heavy atom. The van der Waals surface area contributed by atoms with Gasteiger partial charge in [-0.2, -0.15) is 13.2 Å². The second-order valence-corrected chi connectivity index (χ2v) is 6.59. The zero-order valence-corrected chi connectivity index (χ0v) is 12.4. The van der Waals surface area contributed by atoms with Crippen LogP contribution in [0.1, 0.15) is 45.4 Å². The fourth-order valence-corrected chi connectivity index (χ4v) is 3.42. The van der Waals surface area contributed by atoms with Gasteiger partial charge in [0.2, 0.25) is 0 Å². The Kier molecular flexibility index (Phi) is 5.73. The van der Waals surface area contributed by atoms with Gasteiger partial charge >= 0.3 is 6.18 Å². The number of alkyl halides is 3. The third-order valence-electron chi connectivity index (χ3n) is 4.85. The molecule has 1 aliphatic heterocycles. The molecule has 2 aliphatic rings. The van der Waals surface area contributed by atoms with Crippen molar-refractivity contribution in [2.45, 2.75) is 57.7 Å². The van der Waals surface area contributed by atoms with Gasteiger partial charge in [0.25, 0.3) is 0 Å². The fraction of sp³-hybridized carbons (Fsp3) is 1.00. The summed E-state index contributed by atoms with van der Waals surface area (Å²) in [6, 6.07) is 0.578. The third kappa shape index (κ3) is 4.92. The molecule has 2 nitrogen and oxygen atoms in total. The van der Waals surface area contributed by atoms with E-state index < -0.39 is 12.1 Å². The van der Waals surface area contributed by atoms with Crippen LogP contribution in [0.15, 0.2) is 0 Å². The van der Waals surface area contributed by atoms with Crippen LogP contribution in [0.5, 0.6) is 0 Å². The molecule has 1 saturated carbocycles. The van der Waals surface area contributed by atoms with Crippen molar-refractivity contribution >= 4 is 0 Å². The first-order chi connectivity index (χ1) is 9.45. The van der Waals surface area contributed by atoms with Gasteiger partial charge in [0.05, 0.1) is 5.92 Å². The zero-order chi connectivity index (χ0) is 14.6. The lowest BCUT2D eigenvalue weighted by Crippen LogP contribution is -2.45. The summed E-state index contributed by atoms with van der Waals surface area (Å²) in [6.45, 7) is 4.87. The smallest absolute Gasteiger partial charge is 0.313 e. The highest BCUT2D eigenvalue weighted by molar-refractivity contribution is 4.80. The Labute approximate surface area is 120 Å². The summed E-state index contributed by atoms with van der Waals surface area (Å²) in [5.74, 6) is -0.283. The molecule has 0 aromatic carbocycles. The molecule has 5 heteroatoms. The van der Waals surface area contributed by atoms with Crippen molar-refractivity contribution in [3.63, 3.8) is 0 Å². The lowest BCUT2D eigenvalue weighted by atomic mass is 9.87. The first-order valence-electron chi connectivity index (χ1n) is 7.97. The summed E-state index contributed by atoms with van der Waals surface area (Å²) in [5.41, 5.74) is 0. The molecule has 1 unspecified atom stereocenters. The Bertz CT molecular complexity index is 285. The number of rotatable bonds is 4. The van der Waals surface area contributed by atoms with Crippen LogP contribution in [0.3, 0.4) is 0 Å². The molecular formula is C15H27F3N2. The van der Waals surface area contributed by atoms with Gasteiger partial charge in [-0.15, -0.1) is 0 Å². The second-order valence-electron chi connectivity index (χ2n) is 6.59. The molecule has 0 spiro atoms. The van der Waals surface area contributed by atoms with Gasteiger partial charge in [-0.1, -0.05) is 6.92 Å². The fourth-order valence-electron chi connectivity index (χ4n) is 3.42. The maximum Gasteiger partial charge on any atom is 0.393 e. The molecule has 0 aromatic heterocycles. The molecule has 0 aromatic rings. The SMILES string of the molecule is CC1CCC(NCCN2CCCC(C(F)(F)F)C2)CC1. The van der Waals surface area contributed by atoms with Crippen LogP contribution < -0.4 is 5.32 Å². The summed E-state index contributed by atoms with van der Waals surface area (Å²) in [5, 5.41) is 3.52. The Hall–Kier alpha value is -0.290. The zero-order valence-electron chi connectivity index (χ0n) is 12.4. The molecular weight excluding hydrogens is 265 g/mol. The molecule has 0 amide bonds. The summed E-state index contributed by atoms with van der Waals surface area (Å²) in [4.78, 5) is 1.97. The molecule has 0 radical (unpaired) electrons. The number of hydrogen-bond donors (Lipinski definition) is 1. The normalized spacial score (nSPS) is 33.3. The van der Waals surface area contributed by atoms with E-state index in [0.717, 1.165) is 25.6 Å². The topological polar surface area (TPSA) is 15.3 Å². The second kappa shape index (κ2) is 7.12. The molecule has 0 bridgehead atoms. The van der Waals surface area contributed by atoms with E-state index >= 15 is 0 Å². The van der Waals surface area contributed by atoms with Crippen molar-refractivity contribution in [3.8, 4) is 0 Å². The predicted molar refractivity (Wildman–Crippen MR) is 74.6 cm³/mol. The Morgan fingerprint density at radius 3 is 2.45 bits per heavy atom. The highest BCUT2D eigenvalue weighted by Gasteiger charge is 2.41. The molecule has 118 valence electrons. The molecule has 2 rings (SSSR count). The summed E-state index contributed by atoms with van der Waals surface area (Å²) in [6.07, 6.45) is 1.93. The van der Waals surface area contributed by atoms with E-state index in [0.29, 0.717) is 18.9 Å². The van der Waals surface area contributed by atoms with Crippen LogP contribution in [-0.2, 0) is 0 Å². The highest BCUT2D eigenvalue weighted by atomic mass is 19.4. The molecule has 1 atom stereocenters. The number of nitrogens with one attached hydrogen (secondary N) is 1. The molecule has 20 heavy (non-hydrogen) atoms. The summed E-state index contributed by atoms with van der Waals surface area (Å²) >= 11 is 0. The van der Waals surface area contributed by atoms with Gasteiger partial charge in [-0.3, -0.25) is 0 Å². The standard InChI is InChI=1S/C15H27F3N2/c1-12-4-6-14(7-5-12)19-8-10-20-9-2-3-13(11-20)15(16,17)18/h12-14,19H,2-11H2,1H3. The lowest BCUT2D eigenvalue weighted by Gasteiger charge is -2.34. The lowest BCUT2D eigenvalue weighted by molar-refractivity contribution is -0.186. The first kappa shape index (κ1) is 16.1. The van der Waals surface area contributed by atoms with Gasteiger partial charge < -0.3 is 10.2 Å². The summed E-state index contributed by atoms with van der Waals surface area (Å²) < 4.78 is 38.2. The van der Waals surface area contributed by atoms with Crippen molar-refractivity contribution < 1.29 is 13.2 Å². The van der Waals surface area contributed by atoms with Crippen molar-refractivity contribution in [1.29, 1.82) is 0 Å². The Morgan fingerprint density at radius 1 is 1.10 bits per heavy atom. The molecule has 2 fully saturated rings. The van der Waals surface area contributed by atoms with Crippen LogP contribution >= 0.6 is 0 Å². The Balaban J connectivity index is 1.64. The predicted octanol–water partition coefficient (Wildman–Crippen LogP) is 3.43. The van der Waals surface area contributed by atoms with Crippen molar-refractivity contribution in [2.75, 3.05) is 26.2 Å². The van der Waals surface area contributed by atoms with E-state index in [4.69, 9.17) is 0 Å². The van der Waals surface area contributed by atoms with Crippen LogP contribution in [-0.4, -0.2) is 43.3 Å². The van der Waals surface area contributed by atoms with Gasteiger partial charge in [0, 0.05) is 25.7 Å². The molecule has 1 saturated heterocycles. The minimum Gasteiger partial charge on any atom is -0.313 e. The number of piperidine rings is 1. The van der Waals surface area contributed by atoms with Gasteiger partial charge in [0.15, 0.2) is 0 Å². The van der Waals surface area contributed by atoms with E-state index in [1.54, 1.807) is 0 Å². The van der Waals surface area contributed by atoms with Gasteiger partial charge in [-0.05, 0) is 51.0 Å². The number of halogens is 3. The average molecular weight is 292 g/mol. The van der Waals surface area contributed by atoms with E-state index in [-0.39, 0.29) is 6.54 Å². The monoisotopic (exact) mass is 292 g/mol. The van der Waals surface area contributed by atoms with Crippen LogP contribution in [0, 0.1) is 11.8 Å². The average Bonchev–Trinajstić information content (AvgIpc) is 2.40. The van der Waals surface area contributed by atoms with Gasteiger partial charge in [-0.25, -0.2) is 0 Å². The number of likely N-dealkylation sites (tertiary alicyclic amines) is 1. The maximum absolute atomic E-state index is 12.7. The van der Waals surface area contributed by atoms with Crippen molar-refractivity contribution in [3.05, 3.63) is 0 Å². The number of hydrogen-bond acceptors (Lipinski definition) is 2. The van der Waals surface area contributed by atoms with Crippen molar-refractivity contribution in [1.82, 2.24) is 10.2 Å². The third-order valence-corrected chi connectivity index (χ3v) is 4.85. The van der Waals surface area contributed by atoms with Crippen LogP contribution in [0.25, 0.3) is 0 Å². The number of nitrogens with zero attached hydrogens (tertiary/aromatic N) is 1. The molecule has 1 heterocycles. The van der Waals surface area contributed by atoms with E-state index in [1.165, 1.54) is 25.7 Å². The molecule has 1 N–H and O–H groups in total. The quantitative estimate of drug-likeness (QED) is 0.854. The highest BCUT2D eigenvalue weighted by Crippen LogP contribution is 2.32. The first-order valence-corrected chi connectivity index (χ1v) is 7.97. The molecule has 1 aliphatic carbocycles. The minimum absolute atomic E-state index is 0.187. The summed E-state index contributed by atoms with van der Waals surface area (Å²) in [7, 11) is 0.